The molecule has 0 spiro atoms. The van der Waals surface area contributed by atoms with Gasteiger partial charge in [-0.25, -0.2) is 0 Å². The molecule has 2 aromatic rings. The van der Waals surface area contributed by atoms with Gasteiger partial charge in [-0.3, -0.25) is 9.89 Å². The molecule has 118 valence electrons. The normalized spacial score (nSPS) is 10.7. The Bertz CT molecular complexity index is 736. The summed E-state index contributed by atoms with van der Waals surface area (Å²) in [4.78, 5) is 12.2. The van der Waals surface area contributed by atoms with Gasteiger partial charge in [0.05, 0.1) is 19.2 Å². The third kappa shape index (κ3) is 3.11. The molecule has 0 fully saturated rings. The van der Waals surface area contributed by atoms with E-state index in [4.69, 9.17) is 17.0 Å². The molecule has 2 rings (SSSR count). The number of nitrogens with zero attached hydrogens (tertiary/aromatic N) is 2. The first-order valence-electron chi connectivity index (χ1n) is 6.75. The molecule has 0 atom stereocenters. The maximum atomic E-state index is 12.2. The number of aromatic amines is 1. The Hall–Kier alpha value is -2.35. The fourth-order valence-corrected chi connectivity index (χ4v) is 2.48. The Balaban J connectivity index is 2.16. The van der Waals surface area contributed by atoms with E-state index >= 15 is 0 Å². The lowest BCUT2D eigenvalue weighted by Gasteiger charge is -2.12. The fraction of sp³-hybridized carbons (Fsp3) is 0.357. The number of H-pyrrole nitrogens is 1. The molecule has 0 aliphatic rings. The molecule has 7 nitrogen and oxygen atoms in total. The molecule has 0 bridgehead atoms. The van der Waals surface area contributed by atoms with Crippen molar-refractivity contribution >= 4 is 18.1 Å². The first kappa shape index (κ1) is 16.0. The lowest BCUT2D eigenvalue weighted by atomic mass is 10.1. The van der Waals surface area contributed by atoms with Gasteiger partial charge in [-0.15, -0.1) is 0 Å². The molecule has 0 aliphatic heterocycles. The van der Waals surface area contributed by atoms with Crippen LogP contribution in [0.2, 0.25) is 0 Å². The minimum atomic E-state index is -0.416. The summed E-state index contributed by atoms with van der Waals surface area (Å²) in [7, 11) is 1.43. The number of aromatic nitrogens is 3. The van der Waals surface area contributed by atoms with Gasteiger partial charge < -0.3 is 19.7 Å². The third-order valence-corrected chi connectivity index (χ3v) is 3.45. The maximum absolute atomic E-state index is 12.2. The third-order valence-electron chi connectivity index (χ3n) is 3.16. The lowest BCUT2D eigenvalue weighted by molar-refractivity contribution is 0.0946. The molecule has 0 radical (unpaired) electrons. The number of para-hydroxylation sites is 1. The highest BCUT2D eigenvalue weighted by atomic mass is 32.1. The van der Waals surface area contributed by atoms with Gasteiger partial charge >= 0.3 is 0 Å². The Morgan fingerprint density at radius 2 is 2.27 bits per heavy atom. The molecule has 22 heavy (non-hydrogen) atoms. The molecule has 1 amide bonds. The number of aromatic hydroxyl groups is 1. The topological polar surface area (TPSA) is 92.2 Å². The van der Waals surface area contributed by atoms with Crippen molar-refractivity contribution in [2.24, 2.45) is 0 Å². The number of methoxy groups -OCH3 is 1. The molecule has 0 saturated carbocycles. The minimum Gasteiger partial charge on any atom is -0.504 e. The summed E-state index contributed by atoms with van der Waals surface area (Å²) in [6.45, 7) is 4.15. The monoisotopic (exact) mass is 322 g/mol. The van der Waals surface area contributed by atoms with Crippen LogP contribution in [0, 0.1) is 4.77 Å². The predicted molar refractivity (Wildman–Crippen MR) is 83.6 cm³/mol. The Labute approximate surface area is 132 Å². The largest absolute Gasteiger partial charge is 0.504 e. The summed E-state index contributed by atoms with van der Waals surface area (Å²) < 4.78 is 7.31. The van der Waals surface area contributed by atoms with Crippen LogP contribution in [-0.4, -0.2) is 32.9 Å². The van der Waals surface area contributed by atoms with Gasteiger partial charge in [-0.2, -0.15) is 5.10 Å². The van der Waals surface area contributed by atoms with Crippen LogP contribution in [-0.2, 0) is 6.54 Å². The number of carbonyl (C=O) groups is 1. The van der Waals surface area contributed by atoms with E-state index in [2.05, 4.69) is 15.5 Å². The van der Waals surface area contributed by atoms with Crippen molar-refractivity contribution in [1.82, 2.24) is 20.1 Å². The van der Waals surface area contributed by atoms with Gasteiger partial charge in [0.15, 0.2) is 22.1 Å². The second kappa shape index (κ2) is 6.61. The number of nitrogens with one attached hydrogen (secondary N) is 2. The van der Waals surface area contributed by atoms with Gasteiger partial charge in [0.25, 0.3) is 5.91 Å². The molecule has 1 aromatic carbocycles. The number of carbonyl (C=O) groups excluding carboxylic acids is 1. The van der Waals surface area contributed by atoms with Crippen LogP contribution >= 0.6 is 12.2 Å². The zero-order valence-electron chi connectivity index (χ0n) is 12.6. The zero-order chi connectivity index (χ0) is 16.3. The number of phenolic OH excluding ortho intramolecular Hbond substituents is 1. The van der Waals surface area contributed by atoms with Crippen LogP contribution in [0.5, 0.6) is 11.5 Å². The Morgan fingerprint density at radius 1 is 1.55 bits per heavy atom. The molecular formula is C14H18N4O3S. The second-order valence-corrected chi connectivity index (χ2v) is 5.33. The highest BCUT2D eigenvalue weighted by molar-refractivity contribution is 7.71. The van der Waals surface area contributed by atoms with E-state index in [0.29, 0.717) is 10.6 Å². The van der Waals surface area contributed by atoms with Crippen LogP contribution in [0.4, 0.5) is 0 Å². The quantitative estimate of drug-likeness (QED) is 0.734. The maximum Gasteiger partial charge on any atom is 0.255 e. The Morgan fingerprint density at radius 3 is 2.91 bits per heavy atom. The van der Waals surface area contributed by atoms with E-state index < -0.39 is 5.91 Å². The van der Waals surface area contributed by atoms with E-state index in [9.17, 15) is 9.90 Å². The fourth-order valence-electron chi connectivity index (χ4n) is 2.12. The van der Waals surface area contributed by atoms with Crippen molar-refractivity contribution in [2.45, 2.75) is 26.4 Å². The van der Waals surface area contributed by atoms with Crippen molar-refractivity contribution in [3.63, 3.8) is 0 Å². The van der Waals surface area contributed by atoms with Crippen LogP contribution < -0.4 is 10.1 Å². The number of rotatable bonds is 5. The zero-order valence-corrected chi connectivity index (χ0v) is 13.4. The SMILES string of the molecule is COc1cccc(C(=O)NCc2n[nH]c(=S)n2C(C)C)c1O. The molecule has 0 unspecified atom stereocenters. The van der Waals surface area contributed by atoms with Gasteiger partial charge in [-0.1, -0.05) is 6.07 Å². The minimum absolute atomic E-state index is 0.128. The number of hydrogen-bond acceptors (Lipinski definition) is 5. The molecule has 1 aromatic heterocycles. The molecule has 8 heteroatoms. The molecule has 0 saturated heterocycles. The molecule has 0 aliphatic carbocycles. The molecule has 3 N–H and O–H groups in total. The number of phenols is 1. The number of ether oxygens (including phenoxy) is 1. The first-order chi connectivity index (χ1) is 10.5. The molecule has 1 heterocycles. The van der Waals surface area contributed by atoms with Crippen LogP contribution in [0.1, 0.15) is 36.1 Å². The van der Waals surface area contributed by atoms with E-state index in [1.165, 1.54) is 13.2 Å². The van der Waals surface area contributed by atoms with E-state index in [1.54, 1.807) is 12.1 Å². The average molecular weight is 322 g/mol. The summed E-state index contributed by atoms with van der Waals surface area (Å²) in [6, 6.07) is 4.86. The molecular weight excluding hydrogens is 304 g/mol. The van der Waals surface area contributed by atoms with Gasteiger partial charge in [0, 0.05) is 6.04 Å². The van der Waals surface area contributed by atoms with Crippen molar-refractivity contribution < 1.29 is 14.6 Å². The van der Waals surface area contributed by atoms with Crippen molar-refractivity contribution in [3.05, 3.63) is 34.4 Å². The van der Waals surface area contributed by atoms with Gasteiger partial charge in [0.1, 0.15) is 0 Å². The first-order valence-corrected chi connectivity index (χ1v) is 7.16. The van der Waals surface area contributed by atoms with Gasteiger partial charge in [0.2, 0.25) is 0 Å². The summed E-state index contributed by atoms with van der Waals surface area (Å²) in [5.41, 5.74) is 0.143. The number of benzene rings is 1. The number of amides is 1. The number of hydrogen-bond donors (Lipinski definition) is 3. The smallest absolute Gasteiger partial charge is 0.255 e. The van der Waals surface area contributed by atoms with Crippen molar-refractivity contribution in [1.29, 1.82) is 0 Å². The van der Waals surface area contributed by atoms with Crippen LogP contribution in [0.3, 0.4) is 0 Å². The highest BCUT2D eigenvalue weighted by Gasteiger charge is 2.16. The predicted octanol–water partition coefficient (Wildman–Crippen LogP) is 2.17. The van der Waals surface area contributed by atoms with Crippen molar-refractivity contribution in [3.8, 4) is 11.5 Å². The summed E-state index contributed by atoms with van der Waals surface area (Å²) in [5.74, 6) is 0.263. The van der Waals surface area contributed by atoms with Crippen molar-refractivity contribution in [2.75, 3.05) is 7.11 Å². The Kier molecular flexibility index (Phi) is 4.81. The average Bonchev–Trinajstić information content (AvgIpc) is 2.86. The van der Waals surface area contributed by atoms with E-state index in [1.807, 2.05) is 18.4 Å². The van der Waals surface area contributed by atoms with Crippen LogP contribution in [0.15, 0.2) is 18.2 Å². The lowest BCUT2D eigenvalue weighted by Crippen LogP contribution is -2.25. The summed E-state index contributed by atoms with van der Waals surface area (Å²) in [5, 5.41) is 19.5. The summed E-state index contributed by atoms with van der Waals surface area (Å²) >= 11 is 5.15. The highest BCUT2D eigenvalue weighted by Crippen LogP contribution is 2.29. The van der Waals surface area contributed by atoms with E-state index in [-0.39, 0.29) is 29.6 Å². The standard InChI is InChI=1S/C14H18N4O3S/c1-8(2)18-11(16-17-14(18)22)7-15-13(20)9-5-4-6-10(21-3)12(9)19/h4-6,8,19H,7H2,1-3H3,(H,15,20)(H,17,22). The van der Waals surface area contributed by atoms with E-state index in [0.717, 1.165) is 0 Å². The summed E-state index contributed by atoms with van der Waals surface area (Å²) in [6.07, 6.45) is 0. The van der Waals surface area contributed by atoms with Crippen LogP contribution in [0.25, 0.3) is 0 Å². The van der Waals surface area contributed by atoms with Gasteiger partial charge in [-0.05, 0) is 38.2 Å². The second-order valence-electron chi connectivity index (χ2n) is 4.95.